The molecule has 19 heavy (non-hydrogen) atoms. The van der Waals surface area contributed by atoms with Gasteiger partial charge in [0.05, 0.1) is 6.54 Å². The average molecular weight is 270 g/mol. The van der Waals surface area contributed by atoms with E-state index in [1.807, 2.05) is 13.8 Å². The number of carbonyl (C=O) groups excluding carboxylic acids is 2. The van der Waals surface area contributed by atoms with Crippen LogP contribution in [0.3, 0.4) is 0 Å². The summed E-state index contributed by atoms with van der Waals surface area (Å²) in [7, 11) is 0. The third kappa shape index (κ3) is 4.22. The minimum Gasteiger partial charge on any atom is -0.480 e. The monoisotopic (exact) mass is 270 g/mol. The Balaban J connectivity index is 2.84. The van der Waals surface area contributed by atoms with Gasteiger partial charge in [0.1, 0.15) is 6.54 Å². The number of aliphatic carboxylic acids is 1. The maximum Gasteiger partial charge on any atom is 0.323 e. The number of carbonyl (C=O) groups is 3. The SMILES string of the molecule is CC1(C)CCCCC1C(=O)N(CC(N)=O)CC(=O)O. The second kappa shape index (κ2) is 6.04. The fraction of sp³-hybridized carbons (Fsp3) is 0.769. The predicted octanol–water partition coefficient (Wildman–Crippen LogP) is 0.601. The number of amides is 2. The lowest BCUT2D eigenvalue weighted by Crippen LogP contribution is -2.48. The van der Waals surface area contributed by atoms with Gasteiger partial charge in [0, 0.05) is 5.92 Å². The highest BCUT2D eigenvalue weighted by Crippen LogP contribution is 2.41. The molecule has 0 aromatic rings. The average Bonchev–Trinajstić information content (AvgIpc) is 2.25. The van der Waals surface area contributed by atoms with Gasteiger partial charge in [-0.25, -0.2) is 0 Å². The van der Waals surface area contributed by atoms with Gasteiger partial charge in [-0.3, -0.25) is 14.4 Å². The molecule has 1 aliphatic carbocycles. The van der Waals surface area contributed by atoms with E-state index >= 15 is 0 Å². The zero-order valence-corrected chi connectivity index (χ0v) is 11.5. The number of rotatable bonds is 5. The molecule has 0 radical (unpaired) electrons. The summed E-state index contributed by atoms with van der Waals surface area (Å²) in [5.74, 6) is -2.34. The Morgan fingerprint density at radius 1 is 1.26 bits per heavy atom. The Bertz CT molecular complexity index is 363. The lowest BCUT2D eigenvalue weighted by molar-refractivity contribution is -0.150. The molecule has 0 bridgehead atoms. The second-order valence-electron chi connectivity index (χ2n) is 5.84. The van der Waals surface area contributed by atoms with Gasteiger partial charge in [-0.05, 0) is 18.3 Å². The van der Waals surface area contributed by atoms with E-state index in [2.05, 4.69) is 0 Å². The van der Waals surface area contributed by atoms with Crippen LogP contribution in [0.1, 0.15) is 39.5 Å². The van der Waals surface area contributed by atoms with Gasteiger partial charge in [-0.15, -0.1) is 0 Å². The summed E-state index contributed by atoms with van der Waals surface area (Å²) >= 11 is 0. The molecular formula is C13H22N2O4. The van der Waals surface area contributed by atoms with Crippen molar-refractivity contribution >= 4 is 17.8 Å². The minimum absolute atomic E-state index is 0.163. The molecule has 1 rings (SSSR count). The molecule has 0 spiro atoms. The minimum atomic E-state index is -1.14. The fourth-order valence-electron chi connectivity index (χ4n) is 2.74. The molecule has 1 unspecified atom stereocenters. The van der Waals surface area contributed by atoms with E-state index in [0.29, 0.717) is 0 Å². The number of hydrogen-bond donors (Lipinski definition) is 2. The summed E-state index contributed by atoms with van der Waals surface area (Å²) in [6.07, 6.45) is 3.70. The number of hydrogen-bond acceptors (Lipinski definition) is 3. The molecule has 0 aliphatic heterocycles. The zero-order valence-electron chi connectivity index (χ0n) is 11.5. The first-order valence-corrected chi connectivity index (χ1v) is 6.53. The first-order valence-electron chi connectivity index (χ1n) is 6.53. The van der Waals surface area contributed by atoms with E-state index in [9.17, 15) is 14.4 Å². The molecule has 0 saturated heterocycles. The highest BCUT2D eigenvalue weighted by Gasteiger charge is 2.39. The van der Waals surface area contributed by atoms with Crippen LogP contribution in [-0.4, -0.2) is 40.9 Å². The first kappa shape index (κ1) is 15.5. The number of carboxylic acids is 1. The van der Waals surface area contributed by atoms with Crippen molar-refractivity contribution in [1.29, 1.82) is 0 Å². The van der Waals surface area contributed by atoms with Crippen LogP contribution in [0.4, 0.5) is 0 Å². The van der Waals surface area contributed by atoms with Crippen LogP contribution in [0.15, 0.2) is 0 Å². The summed E-state index contributed by atoms with van der Waals surface area (Å²) in [6.45, 7) is 3.21. The van der Waals surface area contributed by atoms with Crippen LogP contribution in [-0.2, 0) is 14.4 Å². The Kier molecular flexibility index (Phi) is 4.91. The van der Waals surface area contributed by atoms with E-state index in [0.717, 1.165) is 30.6 Å². The summed E-state index contributed by atoms with van der Waals surface area (Å²) in [6, 6.07) is 0. The predicted molar refractivity (Wildman–Crippen MR) is 69.1 cm³/mol. The van der Waals surface area contributed by atoms with Crippen molar-refractivity contribution in [2.75, 3.05) is 13.1 Å². The highest BCUT2D eigenvalue weighted by molar-refractivity contribution is 5.88. The van der Waals surface area contributed by atoms with Crippen molar-refractivity contribution in [2.24, 2.45) is 17.1 Å². The molecule has 3 N–H and O–H groups in total. The molecule has 0 aromatic carbocycles. The lowest BCUT2D eigenvalue weighted by atomic mass is 9.68. The number of nitrogens with two attached hydrogens (primary N) is 1. The standard InChI is InChI=1S/C13H22N2O4/c1-13(2)6-4-3-5-9(13)12(19)15(7-10(14)16)8-11(17)18/h9H,3-8H2,1-2H3,(H2,14,16)(H,17,18). The Labute approximate surface area is 112 Å². The quantitative estimate of drug-likeness (QED) is 0.764. The van der Waals surface area contributed by atoms with E-state index in [1.54, 1.807) is 0 Å². The largest absolute Gasteiger partial charge is 0.480 e. The van der Waals surface area contributed by atoms with Crippen LogP contribution in [0.5, 0.6) is 0 Å². The molecule has 6 heteroatoms. The Morgan fingerprint density at radius 3 is 2.37 bits per heavy atom. The number of carboxylic acid groups (broad SMARTS) is 1. The first-order chi connectivity index (χ1) is 8.74. The Morgan fingerprint density at radius 2 is 1.89 bits per heavy atom. The van der Waals surface area contributed by atoms with Crippen molar-refractivity contribution in [3.05, 3.63) is 0 Å². The van der Waals surface area contributed by atoms with Gasteiger partial charge in [0.25, 0.3) is 0 Å². The van der Waals surface area contributed by atoms with Crippen molar-refractivity contribution in [3.63, 3.8) is 0 Å². The van der Waals surface area contributed by atoms with Gasteiger partial charge < -0.3 is 15.7 Å². The van der Waals surface area contributed by atoms with Gasteiger partial charge >= 0.3 is 5.97 Å². The zero-order chi connectivity index (χ0) is 14.6. The molecular weight excluding hydrogens is 248 g/mol. The molecule has 6 nitrogen and oxygen atoms in total. The lowest BCUT2D eigenvalue weighted by Gasteiger charge is -2.39. The normalized spacial score (nSPS) is 21.7. The maximum atomic E-state index is 12.4. The molecule has 1 fully saturated rings. The smallest absolute Gasteiger partial charge is 0.323 e. The van der Waals surface area contributed by atoms with Crippen molar-refractivity contribution in [3.8, 4) is 0 Å². The third-order valence-electron chi connectivity index (χ3n) is 3.79. The molecule has 1 atom stereocenters. The molecule has 1 aliphatic rings. The summed E-state index contributed by atoms with van der Waals surface area (Å²) < 4.78 is 0. The summed E-state index contributed by atoms with van der Waals surface area (Å²) in [4.78, 5) is 35.3. The van der Waals surface area contributed by atoms with E-state index < -0.39 is 18.4 Å². The topological polar surface area (TPSA) is 101 Å². The number of nitrogens with zero attached hydrogens (tertiary/aromatic N) is 1. The van der Waals surface area contributed by atoms with Crippen LogP contribution >= 0.6 is 0 Å². The molecule has 0 aromatic heterocycles. The molecule has 2 amide bonds. The van der Waals surface area contributed by atoms with Crippen LogP contribution in [0.25, 0.3) is 0 Å². The summed E-state index contributed by atoms with van der Waals surface area (Å²) in [5, 5.41) is 8.83. The Hall–Kier alpha value is -1.59. The van der Waals surface area contributed by atoms with Gasteiger partial charge in [0.2, 0.25) is 11.8 Å². The van der Waals surface area contributed by atoms with Crippen LogP contribution in [0, 0.1) is 11.3 Å². The highest BCUT2D eigenvalue weighted by atomic mass is 16.4. The van der Waals surface area contributed by atoms with Crippen molar-refractivity contribution in [2.45, 2.75) is 39.5 Å². The van der Waals surface area contributed by atoms with Crippen molar-refractivity contribution < 1.29 is 19.5 Å². The second-order valence-corrected chi connectivity index (χ2v) is 5.84. The summed E-state index contributed by atoms with van der Waals surface area (Å²) in [5.41, 5.74) is 4.92. The van der Waals surface area contributed by atoms with Gasteiger partial charge in [-0.1, -0.05) is 26.7 Å². The van der Waals surface area contributed by atoms with E-state index in [4.69, 9.17) is 10.8 Å². The van der Waals surface area contributed by atoms with Crippen LogP contribution < -0.4 is 5.73 Å². The van der Waals surface area contributed by atoms with Crippen molar-refractivity contribution in [1.82, 2.24) is 4.90 Å². The maximum absolute atomic E-state index is 12.4. The van der Waals surface area contributed by atoms with Crippen LogP contribution in [0.2, 0.25) is 0 Å². The molecule has 108 valence electrons. The van der Waals surface area contributed by atoms with Gasteiger partial charge in [-0.2, -0.15) is 0 Å². The molecule has 0 heterocycles. The van der Waals surface area contributed by atoms with E-state index in [1.165, 1.54) is 0 Å². The van der Waals surface area contributed by atoms with E-state index in [-0.39, 0.29) is 23.8 Å². The number of primary amides is 1. The third-order valence-corrected chi connectivity index (χ3v) is 3.79. The van der Waals surface area contributed by atoms with Gasteiger partial charge in [0.15, 0.2) is 0 Å². The molecule has 1 saturated carbocycles. The fourth-order valence-corrected chi connectivity index (χ4v) is 2.74.